The Labute approximate surface area is 115 Å². The molecule has 1 saturated carbocycles. The molecule has 3 unspecified atom stereocenters. The molecule has 0 spiro atoms. The van der Waals surface area contributed by atoms with Crippen molar-refractivity contribution in [3.8, 4) is 0 Å². The molecule has 1 aliphatic carbocycles. The third-order valence-corrected chi connectivity index (χ3v) is 4.66. The van der Waals surface area contributed by atoms with E-state index in [-0.39, 0.29) is 29.8 Å². The van der Waals surface area contributed by atoms with Gasteiger partial charge in [-0.1, -0.05) is 13.3 Å². The van der Waals surface area contributed by atoms with Gasteiger partial charge in [0.2, 0.25) is 11.8 Å². The quantitative estimate of drug-likeness (QED) is 0.591. The lowest BCUT2D eigenvalue weighted by atomic mass is 10.00. The van der Waals surface area contributed by atoms with Crippen LogP contribution in [0.25, 0.3) is 0 Å². The summed E-state index contributed by atoms with van der Waals surface area (Å²) in [5, 5.41) is 9.19. The number of imide groups is 1. The number of aliphatic hydroxyl groups excluding tert-OH is 1. The van der Waals surface area contributed by atoms with Crippen molar-refractivity contribution in [1.29, 1.82) is 0 Å². The Morgan fingerprint density at radius 3 is 2.26 bits per heavy atom. The van der Waals surface area contributed by atoms with Gasteiger partial charge in [-0.3, -0.25) is 14.5 Å². The van der Waals surface area contributed by atoms with E-state index in [2.05, 4.69) is 6.92 Å². The first-order chi connectivity index (χ1) is 9.04. The molecule has 0 aromatic carbocycles. The SMILES string of the molecule is CCC1CC2C(=O)N(CCCCC(C)O)C(=O)C2C1. The zero-order valence-electron chi connectivity index (χ0n) is 12.0. The van der Waals surface area contributed by atoms with Gasteiger partial charge in [-0.05, 0) is 44.9 Å². The first kappa shape index (κ1) is 14.5. The molecule has 19 heavy (non-hydrogen) atoms. The Morgan fingerprint density at radius 1 is 1.21 bits per heavy atom. The van der Waals surface area contributed by atoms with Crippen LogP contribution in [0.4, 0.5) is 0 Å². The van der Waals surface area contributed by atoms with Crippen molar-refractivity contribution in [1.82, 2.24) is 4.90 Å². The molecule has 4 nitrogen and oxygen atoms in total. The second kappa shape index (κ2) is 6.04. The standard InChI is InChI=1S/C15H25NO3/c1-3-11-8-12-13(9-11)15(19)16(14(12)18)7-5-4-6-10(2)17/h10-13,17H,3-9H2,1-2H3. The fourth-order valence-electron chi connectivity index (χ4n) is 3.46. The zero-order valence-corrected chi connectivity index (χ0v) is 12.0. The maximum atomic E-state index is 12.2. The number of carbonyl (C=O) groups excluding carboxylic acids is 2. The van der Waals surface area contributed by atoms with Crippen molar-refractivity contribution in [3.05, 3.63) is 0 Å². The molecule has 1 aliphatic heterocycles. The summed E-state index contributed by atoms with van der Waals surface area (Å²) < 4.78 is 0. The lowest BCUT2D eigenvalue weighted by molar-refractivity contribution is -0.140. The molecule has 2 amide bonds. The van der Waals surface area contributed by atoms with Gasteiger partial charge in [0.05, 0.1) is 17.9 Å². The monoisotopic (exact) mass is 267 g/mol. The van der Waals surface area contributed by atoms with Crippen LogP contribution in [0.15, 0.2) is 0 Å². The molecule has 1 N–H and O–H groups in total. The Kier molecular flexibility index (Phi) is 4.61. The fourth-order valence-corrected chi connectivity index (χ4v) is 3.46. The highest BCUT2D eigenvalue weighted by Crippen LogP contribution is 2.44. The number of aliphatic hydroxyl groups is 1. The van der Waals surface area contributed by atoms with Gasteiger partial charge in [0, 0.05) is 6.54 Å². The molecule has 0 aromatic heterocycles. The summed E-state index contributed by atoms with van der Waals surface area (Å²) in [4.78, 5) is 26.0. The number of fused-ring (bicyclic) bond motifs is 1. The minimum atomic E-state index is -0.297. The van der Waals surface area contributed by atoms with E-state index in [1.165, 1.54) is 4.90 Å². The minimum Gasteiger partial charge on any atom is -0.393 e. The van der Waals surface area contributed by atoms with Crippen LogP contribution in [-0.2, 0) is 9.59 Å². The Hall–Kier alpha value is -0.900. The van der Waals surface area contributed by atoms with Crippen LogP contribution < -0.4 is 0 Å². The summed E-state index contributed by atoms with van der Waals surface area (Å²) in [7, 11) is 0. The first-order valence-electron chi connectivity index (χ1n) is 7.57. The van der Waals surface area contributed by atoms with Crippen molar-refractivity contribution in [2.24, 2.45) is 17.8 Å². The minimum absolute atomic E-state index is 0.0331. The van der Waals surface area contributed by atoms with Crippen LogP contribution in [0.5, 0.6) is 0 Å². The van der Waals surface area contributed by atoms with Gasteiger partial charge in [-0.25, -0.2) is 0 Å². The highest BCUT2D eigenvalue weighted by Gasteiger charge is 2.51. The van der Waals surface area contributed by atoms with Crippen molar-refractivity contribution >= 4 is 11.8 Å². The third kappa shape index (κ3) is 2.99. The zero-order chi connectivity index (χ0) is 14.0. The van der Waals surface area contributed by atoms with Crippen molar-refractivity contribution in [2.45, 2.75) is 58.5 Å². The van der Waals surface area contributed by atoms with E-state index in [0.29, 0.717) is 12.5 Å². The number of carbonyl (C=O) groups is 2. The predicted octanol–water partition coefficient (Wildman–Crippen LogP) is 1.96. The highest BCUT2D eigenvalue weighted by molar-refractivity contribution is 6.05. The molecule has 4 heteroatoms. The highest BCUT2D eigenvalue weighted by atomic mass is 16.3. The van der Waals surface area contributed by atoms with Gasteiger partial charge < -0.3 is 5.11 Å². The van der Waals surface area contributed by atoms with Crippen molar-refractivity contribution in [2.75, 3.05) is 6.54 Å². The summed E-state index contributed by atoms with van der Waals surface area (Å²) in [6.45, 7) is 4.43. The van der Waals surface area contributed by atoms with E-state index in [9.17, 15) is 14.7 Å². The summed E-state index contributed by atoms with van der Waals surface area (Å²) >= 11 is 0. The number of amides is 2. The van der Waals surface area contributed by atoms with Gasteiger partial charge in [-0.15, -0.1) is 0 Å². The molecule has 2 aliphatic rings. The van der Waals surface area contributed by atoms with Gasteiger partial charge in [0.1, 0.15) is 0 Å². The number of nitrogens with zero attached hydrogens (tertiary/aromatic N) is 1. The number of hydrogen-bond donors (Lipinski definition) is 1. The summed E-state index contributed by atoms with van der Waals surface area (Å²) in [5.41, 5.74) is 0. The van der Waals surface area contributed by atoms with E-state index in [1.54, 1.807) is 6.92 Å². The van der Waals surface area contributed by atoms with Gasteiger partial charge in [0.25, 0.3) is 0 Å². The molecular formula is C15H25NO3. The number of unbranched alkanes of at least 4 members (excludes halogenated alkanes) is 1. The fraction of sp³-hybridized carbons (Fsp3) is 0.867. The van der Waals surface area contributed by atoms with Crippen LogP contribution in [0.3, 0.4) is 0 Å². The lowest BCUT2D eigenvalue weighted by Crippen LogP contribution is -2.33. The summed E-state index contributed by atoms with van der Waals surface area (Å²) in [6, 6.07) is 0. The van der Waals surface area contributed by atoms with Gasteiger partial charge in [-0.2, -0.15) is 0 Å². The smallest absolute Gasteiger partial charge is 0.233 e. The molecule has 3 atom stereocenters. The van der Waals surface area contributed by atoms with Crippen LogP contribution in [0.1, 0.15) is 52.4 Å². The van der Waals surface area contributed by atoms with Gasteiger partial charge >= 0.3 is 0 Å². The Morgan fingerprint density at radius 2 is 1.79 bits per heavy atom. The Bertz CT molecular complexity index is 329. The lowest BCUT2D eigenvalue weighted by Gasteiger charge is -2.17. The normalized spacial score (nSPS) is 31.9. The van der Waals surface area contributed by atoms with Crippen LogP contribution >= 0.6 is 0 Å². The van der Waals surface area contributed by atoms with E-state index in [0.717, 1.165) is 38.5 Å². The maximum absolute atomic E-state index is 12.2. The molecule has 2 fully saturated rings. The predicted molar refractivity (Wildman–Crippen MR) is 72.2 cm³/mol. The topological polar surface area (TPSA) is 57.6 Å². The molecule has 108 valence electrons. The number of hydrogen-bond acceptors (Lipinski definition) is 3. The van der Waals surface area contributed by atoms with Crippen LogP contribution in [0.2, 0.25) is 0 Å². The molecule has 1 heterocycles. The molecule has 2 rings (SSSR count). The molecular weight excluding hydrogens is 242 g/mol. The van der Waals surface area contributed by atoms with Crippen molar-refractivity contribution in [3.63, 3.8) is 0 Å². The number of likely N-dealkylation sites (tertiary alicyclic amines) is 1. The van der Waals surface area contributed by atoms with E-state index in [1.807, 2.05) is 0 Å². The second-order valence-corrected chi connectivity index (χ2v) is 6.13. The Balaban J connectivity index is 1.84. The average molecular weight is 267 g/mol. The molecule has 0 aromatic rings. The largest absolute Gasteiger partial charge is 0.393 e. The summed E-state index contributed by atoms with van der Waals surface area (Å²) in [6.07, 6.45) is 4.98. The summed E-state index contributed by atoms with van der Waals surface area (Å²) in [5.74, 6) is 0.606. The van der Waals surface area contributed by atoms with Crippen molar-refractivity contribution < 1.29 is 14.7 Å². The van der Waals surface area contributed by atoms with E-state index < -0.39 is 0 Å². The molecule has 1 saturated heterocycles. The van der Waals surface area contributed by atoms with Crippen LogP contribution in [0, 0.1) is 17.8 Å². The second-order valence-electron chi connectivity index (χ2n) is 6.13. The van der Waals surface area contributed by atoms with Gasteiger partial charge in [0.15, 0.2) is 0 Å². The van der Waals surface area contributed by atoms with E-state index in [4.69, 9.17) is 0 Å². The van der Waals surface area contributed by atoms with Crippen LogP contribution in [-0.4, -0.2) is 34.5 Å². The number of rotatable bonds is 6. The molecule has 0 bridgehead atoms. The molecule has 0 radical (unpaired) electrons. The average Bonchev–Trinajstić information content (AvgIpc) is 2.88. The van der Waals surface area contributed by atoms with E-state index >= 15 is 0 Å². The maximum Gasteiger partial charge on any atom is 0.233 e. The first-order valence-corrected chi connectivity index (χ1v) is 7.57. The third-order valence-electron chi connectivity index (χ3n) is 4.66.